The lowest BCUT2D eigenvalue weighted by atomic mass is 9.95. The fourth-order valence-corrected chi connectivity index (χ4v) is 5.80. The number of hydrogen-bond acceptors (Lipinski definition) is 4. The Morgan fingerprint density at radius 3 is 1.77 bits per heavy atom. The van der Waals surface area contributed by atoms with Gasteiger partial charge < -0.3 is 9.63 Å². The first-order chi connectivity index (χ1) is 17.1. The van der Waals surface area contributed by atoms with E-state index in [-0.39, 0.29) is 12.2 Å². The lowest BCUT2D eigenvalue weighted by molar-refractivity contribution is -0.0140. The van der Waals surface area contributed by atoms with Crippen molar-refractivity contribution in [2.24, 2.45) is 0 Å². The van der Waals surface area contributed by atoms with E-state index in [0.717, 1.165) is 38.5 Å². The molecule has 0 bridgehead atoms. The minimum absolute atomic E-state index is 0.185. The summed E-state index contributed by atoms with van der Waals surface area (Å²) in [6.07, 6.45) is 21.1. The van der Waals surface area contributed by atoms with Gasteiger partial charge in [-0.25, -0.2) is 4.57 Å². The molecule has 0 amide bonds. The third-order valence-corrected chi connectivity index (χ3v) is 8.06. The van der Waals surface area contributed by atoms with Crippen molar-refractivity contribution in [2.45, 2.75) is 141 Å². The number of phosphoric ester groups is 1. The summed E-state index contributed by atoms with van der Waals surface area (Å²) in [5.41, 5.74) is 1.17. The predicted octanol–water partition coefficient (Wildman–Crippen LogP) is 9.13. The molecule has 1 aliphatic carbocycles. The highest BCUT2D eigenvalue weighted by Crippen LogP contribution is 2.47. The summed E-state index contributed by atoms with van der Waals surface area (Å²) in [6.45, 7) is 3.17. The molecule has 0 saturated heterocycles. The molecule has 1 aliphatic rings. The van der Waals surface area contributed by atoms with Gasteiger partial charge in [0.25, 0.3) is 0 Å². The maximum absolute atomic E-state index is 12.3. The first-order valence-corrected chi connectivity index (χ1v) is 15.9. The van der Waals surface area contributed by atoms with Gasteiger partial charge >= 0.3 is 7.82 Å². The van der Waals surface area contributed by atoms with Crippen molar-refractivity contribution < 1.29 is 23.2 Å². The van der Waals surface area contributed by atoms with Crippen molar-refractivity contribution in [1.29, 1.82) is 0 Å². The highest BCUT2D eigenvalue weighted by Gasteiger charge is 2.30. The Kier molecular flexibility index (Phi) is 16.9. The Balaban J connectivity index is 1.39. The second-order valence-corrected chi connectivity index (χ2v) is 11.6. The van der Waals surface area contributed by atoms with Crippen LogP contribution in [0.5, 0.6) is 0 Å². The Labute approximate surface area is 215 Å². The molecule has 1 atom stereocenters. The second kappa shape index (κ2) is 19.4. The lowest BCUT2D eigenvalue weighted by Gasteiger charge is -2.29. The maximum Gasteiger partial charge on any atom is 0.472 e. The van der Waals surface area contributed by atoms with Crippen LogP contribution in [0, 0.1) is 0 Å². The molecule has 0 aromatic heterocycles. The third kappa shape index (κ3) is 15.9. The van der Waals surface area contributed by atoms with Crippen molar-refractivity contribution in [3.8, 4) is 0 Å². The normalized spacial score (nSPS) is 20.1. The van der Waals surface area contributed by atoms with Crippen LogP contribution >= 0.6 is 7.82 Å². The molecule has 1 N–H and O–H groups in total. The van der Waals surface area contributed by atoms with Gasteiger partial charge in [-0.15, -0.1) is 0 Å². The summed E-state index contributed by atoms with van der Waals surface area (Å²) in [5.74, 6) is 0. The van der Waals surface area contributed by atoms with Crippen molar-refractivity contribution in [3.05, 3.63) is 35.9 Å². The van der Waals surface area contributed by atoms with E-state index in [1.54, 1.807) is 0 Å². The smallest absolute Gasteiger partial charge is 0.374 e. The first kappa shape index (κ1) is 30.5. The predicted molar refractivity (Wildman–Crippen MR) is 144 cm³/mol. The van der Waals surface area contributed by atoms with E-state index in [1.165, 1.54) is 82.6 Å². The molecule has 2 rings (SSSR count). The number of rotatable bonds is 21. The van der Waals surface area contributed by atoms with Gasteiger partial charge in [0, 0.05) is 0 Å². The topological polar surface area (TPSA) is 65.0 Å². The third-order valence-electron chi connectivity index (χ3n) is 6.98. The van der Waals surface area contributed by atoms with Crippen LogP contribution < -0.4 is 0 Å². The van der Waals surface area contributed by atoms with Crippen LogP contribution in [0.2, 0.25) is 0 Å². The molecular formula is C29H51O5P. The van der Waals surface area contributed by atoms with E-state index in [2.05, 4.69) is 19.1 Å². The molecule has 6 heteroatoms. The highest BCUT2D eigenvalue weighted by molar-refractivity contribution is 7.47. The quantitative estimate of drug-likeness (QED) is 0.132. The van der Waals surface area contributed by atoms with Crippen molar-refractivity contribution >= 4 is 7.82 Å². The van der Waals surface area contributed by atoms with Crippen LogP contribution in [0.25, 0.3) is 0 Å². The fraction of sp³-hybridized carbons (Fsp3) is 0.793. The summed E-state index contributed by atoms with van der Waals surface area (Å²) >= 11 is 0. The van der Waals surface area contributed by atoms with Crippen LogP contribution in [0.3, 0.4) is 0 Å². The number of benzene rings is 1. The minimum Gasteiger partial charge on any atom is -0.374 e. The van der Waals surface area contributed by atoms with Gasteiger partial charge in [-0.1, -0.05) is 121 Å². The molecule has 0 spiro atoms. The standard InChI is InChI=1S/C29H51O5P/c1-2-3-4-5-6-7-8-9-10-11-12-13-14-18-25-33-35(30,31)34-29-23-21-28(22-24-29)32-26-27-19-16-15-17-20-27/h15-17,19-20,28-29H,2-14,18,21-26H2,1H3,(H,30,31). The van der Waals surface area contributed by atoms with Gasteiger partial charge in [0.2, 0.25) is 0 Å². The summed E-state index contributed by atoms with van der Waals surface area (Å²) in [6, 6.07) is 10.2. The zero-order chi connectivity index (χ0) is 25.0. The Morgan fingerprint density at radius 1 is 0.743 bits per heavy atom. The van der Waals surface area contributed by atoms with Crippen LogP contribution in [0.1, 0.15) is 128 Å². The molecule has 0 radical (unpaired) electrons. The molecule has 202 valence electrons. The summed E-state index contributed by atoms with van der Waals surface area (Å²) in [4.78, 5) is 10.1. The average molecular weight is 511 g/mol. The molecule has 1 unspecified atom stereocenters. The molecular weight excluding hydrogens is 459 g/mol. The van der Waals surface area contributed by atoms with Crippen molar-refractivity contribution in [3.63, 3.8) is 0 Å². The number of unbranched alkanes of at least 4 members (excludes halogenated alkanes) is 13. The highest BCUT2D eigenvalue weighted by atomic mass is 31.2. The van der Waals surface area contributed by atoms with Crippen molar-refractivity contribution in [2.75, 3.05) is 6.61 Å². The van der Waals surface area contributed by atoms with Gasteiger partial charge in [0.15, 0.2) is 0 Å². The second-order valence-electron chi connectivity index (χ2n) is 10.2. The van der Waals surface area contributed by atoms with E-state index in [9.17, 15) is 9.46 Å². The van der Waals surface area contributed by atoms with E-state index in [1.807, 2.05) is 18.2 Å². The first-order valence-electron chi connectivity index (χ1n) is 14.4. The Bertz CT molecular complexity index is 660. The van der Waals surface area contributed by atoms with E-state index in [4.69, 9.17) is 13.8 Å². The van der Waals surface area contributed by atoms with E-state index < -0.39 is 7.82 Å². The van der Waals surface area contributed by atoms with Gasteiger partial charge in [0.05, 0.1) is 25.4 Å². The van der Waals surface area contributed by atoms with Crippen LogP contribution in [-0.2, 0) is 25.0 Å². The lowest BCUT2D eigenvalue weighted by Crippen LogP contribution is -2.26. The summed E-state index contributed by atoms with van der Waals surface area (Å²) in [5, 5.41) is 0. The van der Waals surface area contributed by atoms with E-state index in [0.29, 0.717) is 13.2 Å². The minimum atomic E-state index is -3.97. The van der Waals surface area contributed by atoms with Gasteiger partial charge in [0.1, 0.15) is 0 Å². The zero-order valence-electron chi connectivity index (χ0n) is 22.2. The Morgan fingerprint density at radius 2 is 1.23 bits per heavy atom. The maximum atomic E-state index is 12.3. The molecule has 1 fully saturated rings. The van der Waals surface area contributed by atoms with Crippen LogP contribution in [0.4, 0.5) is 0 Å². The fourth-order valence-electron chi connectivity index (χ4n) is 4.79. The largest absolute Gasteiger partial charge is 0.472 e. The SMILES string of the molecule is CCCCCCCCCCCCCCCCOP(=O)(O)OC1CCC(OCc2ccccc2)CC1. The number of hydrogen-bond donors (Lipinski definition) is 1. The van der Waals surface area contributed by atoms with Gasteiger partial charge in [-0.2, -0.15) is 0 Å². The zero-order valence-corrected chi connectivity index (χ0v) is 23.1. The Hall–Kier alpha value is -0.710. The van der Waals surface area contributed by atoms with Crippen molar-refractivity contribution in [1.82, 2.24) is 0 Å². The average Bonchev–Trinajstić information content (AvgIpc) is 2.86. The molecule has 0 heterocycles. The van der Waals surface area contributed by atoms with Gasteiger partial charge in [-0.3, -0.25) is 9.05 Å². The molecule has 5 nitrogen and oxygen atoms in total. The molecule has 1 aromatic rings. The molecule has 1 aromatic carbocycles. The van der Waals surface area contributed by atoms with Crippen LogP contribution in [0.15, 0.2) is 30.3 Å². The van der Waals surface area contributed by atoms with E-state index >= 15 is 0 Å². The molecule has 35 heavy (non-hydrogen) atoms. The number of phosphoric acid groups is 1. The summed E-state index contributed by atoms with van der Waals surface area (Å²) in [7, 11) is -3.97. The monoisotopic (exact) mass is 510 g/mol. The molecule has 1 saturated carbocycles. The number of ether oxygens (including phenoxy) is 1. The summed E-state index contributed by atoms with van der Waals surface area (Å²) < 4.78 is 28.9. The van der Waals surface area contributed by atoms with Gasteiger partial charge in [-0.05, 0) is 37.7 Å². The van der Waals surface area contributed by atoms with Crippen LogP contribution in [-0.4, -0.2) is 23.7 Å². The molecule has 0 aliphatic heterocycles.